The molecule has 1 aliphatic rings. The predicted octanol–water partition coefficient (Wildman–Crippen LogP) is 3.84. The minimum absolute atomic E-state index is 0.00895. The van der Waals surface area contributed by atoms with E-state index in [0.717, 1.165) is 15.4 Å². The highest BCUT2D eigenvalue weighted by Gasteiger charge is 2.49. The molecule has 0 aliphatic carbocycles. The zero-order valence-corrected chi connectivity index (χ0v) is 19.2. The molecule has 1 saturated heterocycles. The lowest BCUT2D eigenvalue weighted by Crippen LogP contribution is -2.45. The molecule has 0 spiro atoms. The van der Waals surface area contributed by atoms with E-state index in [0.29, 0.717) is 5.56 Å². The van der Waals surface area contributed by atoms with E-state index >= 15 is 0 Å². The van der Waals surface area contributed by atoms with Gasteiger partial charge in [-0.15, -0.1) is 0 Å². The lowest BCUT2D eigenvalue weighted by atomic mass is 9.84. The first-order valence-electron chi connectivity index (χ1n) is 10.7. The van der Waals surface area contributed by atoms with Gasteiger partial charge in [0.1, 0.15) is 17.9 Å². The number of halogens is 1. The van der Waals surface area contributed by atoms with Gasteiger partial charge in [-0.3, -0.25) is 14.5 Å². The maximum absolute atomic E-state index is 14.3. The summed E-state index contributed by atoms with van der Waals surface area (Å²) in [6.45, 7) is 7.19. The molecule has 2 aromatic carbocycles. The van der Waals surface area contributed by atoms with Crippen molar-refractivity contribution < 1.29 is 18.8 Å². The highest BCUT2D eigenvalue weighted by atomic mass is 19.1. The average Bonchev–Trinajstić information content (AvgIpc) is 2.98. The Morgan fingerprint density at radius 3 is 2.36 bits per heavy atom. The number of imide groups is 1. The van der Waals surface area contributed by atoms with Crippen molar-refractivity contribution in [3.05, 3.63) is 65.5 Å². The number of anilines is 1. The van der Waals surface area contributed by atoms with Crippen LogP contribution in [0.15, 0.2) is 48.5 Å². The normalized spacial score (nSPS) is 18.1. The van der Waals surface area contributed by atoms with Crippen molar-refractivity contribution in [2.45, 2.75) is 45.1 Å². The van der Waals surface area contributed by atoms with Crippen LogP contribution in [0.5, 0.6) is 0 Å². The summed E-state index contributed by atoms with van der Waals surface area (Å²) in [7, 11) is 0. The Hall–Kier alpha value is -3.73. The van der Waals surface area contributed by atoms with Crippen LogP contribution in [-0.4, -0.2) is 35.8 Å². The van der Waals surface area contributed by atoms with Crippen LogP contribution in [0.4, 0.5) is 14.9 Å². The van der Waals surface area contributed by atoms with E-state index in [4.69, 9.17) is 5.26 Å². The van der Waals surface area contributed by atoms with E-state index in [-0.39, 0.29) is 24.1 Å². The lowest BCUT2D eigenvalue weighted by Gasteiger charge is -2.26. The highest BCUT2D eigenvalue weighted by Crippen LogP contribution is 2.31. The van der Waals surface area contributed by atoms with Crippen molar-refractivity contribution in [1.82, 2.24) is 10.2 Å². The standard InChI is InChI=1S/C25H27FN4O3/c1-24(2,3)17-10-12-18(13-11-17)25(4)22(32)30(23(33)28-25)16-21(31)29(15-7-14-27)20-9-6-5-8-19(20)26/h5-6,8-13H,7,15-16H2,1-4H3,(H,28,33). The van der Waals surface area contributed by atoms with Crippen molar-refractivity contribution in [1.29, 1.82) is 5.26 Å². The van der Waals surface area contributed by atoms with E-state index in [2.05, 4.69) is 26.1 Å². The number of nitriles is 1. The SMILES string of the molecule is CC(C)(C)c1ccc(C2(C)NC(=O)N(CC(=O)N(CCC#N)c3ccccc3F)C2=O)cc1. The maximum Gasteiger partial charge on any atom is 0.325 e. The number of urea groups is 1. The van der Waals surface area contributed by atoms with Crippen molar-refractivity contribution >= 4 is 23.5 Å². The topological polar surface area (TPSA) is 93.5 Å². The number of para-hydroxylation sites is 1. The predicted molar refractivity (Wildman–Crippen MR) is 122 cm³/mol. The first kappa shape index (κ1) is 23.9. The third-order valence-electron chi connectivity index (χ3n) is 5.79. The van der Waals surface area contributed by atoms with Gasteiger partial charge in [-0.2, -0.15) is 5.26 Å². The molecule has 172 valence electrons. The van der Waals surface area contributed by atoms with Crippen molar-refractivity contribution in [3.63, 3.8) is 0 Å². The van der Waals surface area contributed by atoms with Gasteiger partial charge in [0.2, 0.25) is 5.91 Å². The minimum Gasteiger partial charge on any atom is -0.319 e. The molecule has 1 atom stereocenters. The first-order valence-corrected chi connectivity index (χ1v) is 10.7. The van der Waals surface area contributed by atoms with E-state index < -0.39 is 35.7 Å². The quantitative estimate of drug-likeness (QED) is 0.677. The number of hydrogen-bond acceptors (Lipinski definition) is 4. The number of benzene rings is 2. The van der Waals surface area contributed by atoms with E-state index in [1.807, 2.05) is 18.2 Å². The van der Waals surface area contributed by atoms with Gasteiger partial charge in [-0.05, 0) is 35.6 Å². The molecule has 7 nitrogen and oxygen atoms in total. The second-order valence-corrected chi connectivity index (χ2v) is 9.18. The van der Waals surface area contributed by atoms with E-state index in [1.54, 1.807) is 25.1 Å². The number of rotatable bonds is 6. The molecule has 0 saturated carbocycles. The van der Waals surface area contributed by atoms with Crippen molar-refractivity contribution in [2.24, 2.45) is 0 Å². The molecule has 4 amide bonds. The molecule has 0 bridgehead atoms. The zero-order chi connectivity index (χ0) is 24.4. The molecule has 1 heterocycles. The second-order valence-electron chi connectivity index (χ2n) is 9.18. The summed E-state index contributed by atoms with van der Waals surface area (Å²) in [6, 6.07) is 14.3. The van der Waals surface area contributed by atoms with Gasteiger partial charge in [0.15, 0.2) is 0 Å². The fourth-order valence-electron chi connectivity index (χ4n) is 3.77. The molecule has 33 heavy (non-hydrogen) atoms. The second kappa shape index (κ2) is 9.02. The Bertz CT molecular complexity index is 1120. The molecular weight excluding hydrogens is 423 g/mol. The molecule has 0 aromatic heterocycles. The minimum atomic E-state index is -1.33. The third kappa shape index (κ3) is 4.72. The molecule has 1 unspecified atom stereocenters. The number of amides is 4. The number of nitrogens with one attached hydrogen (secondary N) is 1. The molecule has 1 aliphatic heterocycles. The van der Waals surface area contributed by atoms with Gasteiger partial charge in [0.05, 0.1) is 18.2 Å². The van der Waals surface area contributed by atoms with Crippen LogP contribution in [0.1, 0.15) is 45.2 Å². The van der Waals surface area contributed by atoms with Crippen molar-refractivity contribution in [3.8, 4) is 6.07 Å². The number of nitrogens with zero attached hydrogens (tertiary/aromatic N) is 3. The fourth-order valence-corrected chi connectivity index (χ4v) is 3.77. The largest absolute Gasteiger partial charge is 0.325 e. The summed E-state index contributed by atoms with van der Waals surface area (Å²) in [4.78, 5) is 40.9. The van der Waals surface area contributed by atoms with E-state index in [1.165, 1.54) is 18.2 Å². The fraction of sp³-hybridized carbons (Fsp3) is 0.360. The summed E-state index contributed by atoms with van der Waals surface area (Å²) >= 11 is 0. The summed E-state index contributed by atoms with van der Waals surface area (Å²) in [5, 5.41) is 11.6. The van der Waals surface area contributed by atoms with Crippen LogP contribution in [-0.2, 0) is 20.5 Å². The molecular formula is C25H27FN4O3. The van der Waals surface area contributed by atoms with Gasteiger partial charge < -0.3 is 10.2 Å². The summed E-state index contributed by atoms with van der Waals surface area (Å²) in [5.74, 6) is -1.87. The van der Waals surface area contributed by atoms with Gasteiger partial charge >= 0.3 is 6.03 Å². The van der Waals surface area contributed by atoms with Gasteiger partial charge in [-0.1, -0.05) is 57.2 Å². The molecule has 2 aromatic rings. The molecule has 8 heteroatoms. The van der Waals surface area contributed by atoms with Crippen LogP contribution in [0, 0.1) is 17.1 Å². The molecule has 3 rings (SSSR count). The molecule has 0 radical (unpaired) electrons. The van der Waals surface area contributed by atoms with Gasteiger partial charge in [-0.25, -0.2) is 9.18 Å². The van der Waals surface area contributed by atoms with Crippen LogP contribution < -0.4 is 10.2 Å². The van der Waals surface area contributed by atoms with E-state index in [9.17, 15) is 18.8 Å². The van der Waals surface area contributed by atoms with Crippen LogP contribution >= 0.6 is 0 Å². The Morgan fingerprint density at radius 1 is 1.15 bits per heavy atom. The monoisotopic (exact) mass is 450 g/mol. The Labute approximate surface area is 192 Å². The zero-order valence-electron chi connectivity index (χ0n) is 19.2. The van der Waals surface area contributed by atoms with Crippen LogP contribution in [0.3, 0.4) is 0 Å². The summed E-state index contributed by atoms with van der Waals surface area (Å²) < 4.78 is 14.3. The molecule has 1 N–H and O–H groups in total. The molecule has 1 fully saturated rings. The van der Waals surface area contributed by atoms with Gasteiger partial charge in [0.25, 0.3) is 5.91 Å². The Balaban J connectivity index is 1.84. The number of carbonyl (C=O) groups is 3. The number of hydrogen-bond donors (Lipinski definition) is 1. The maximum atomic E-state index is 14.3. The highest BCUT2D eigenvalue weighted by molar-refractivity contribution is 6.10. The van der Waals surface area contributed by atoms with Gasteiger partial charge in [0, 0.05) is 6.54 Å². The Morgan fingerprint density at radius 2 is 1.79 bits per heavy atom. The van der Waals surface area contributed by atoms with Crippen LogP contribution in [0.25, 0.3) is 0 Å². The van der Waals surface area contributed by atoms with Crippen molar-refractivity contribution in [2.75, 3.05) is 18.0 Å². The average molecular weight is 451 g/mol. The lowest BCUT2D eigenvalue weighted by molar-refractivity contribution is -0.134. The first-order chi connectivity index (χ1) is 15.5. The number of carbonyl (C=O) groups excluding carboxylic acids is 3. The van der Waals surface area contributed by atoms with Crippen LogP contribution in [0.2, 0.25) is 0 Å². The summed E-state index contributed by atoms with van der Waals surface area (Å²) in [6.07, 6.45) is -0.0297. The Kier molecular flexibility index (Phi) is 6.54. The smallest absolute Gasteiger partial charge is 0.319 e. The third-order valence-corrected chi connectivity index (χ3v) is 5.79. The summed E-state index contributed by atoms with van der Waals surface area (Å²) in [5.41, 5.74) is 0.269.